The molecule has 1 aliphatic heterocycles. The van der Waals surface area contributed by atoms with Crippen molar-refractivity contribution in [3.63, 3.8) is 0 Å². The molecule has 20 heavy (non-hydrogen) atoms. The highest BCUT2D eigenvalue weighted by Gasteiger charge is 2.30. The molecular weight excluding hydrogens is 260 g/mol. The van der Waals surface area contributed by atoms with Crippen molar-refractivity contribution in [1.82, 2.24) is 10.2 Å². The number of hydrogen-bond acceptors (Lipinski definition) is 4. The molecule has 1 fully saturated rings. The summed E-state index contributed by atoms with van der Waals surface area (Å²) in [4.78, 5) is 24.7. The second-order valence-corrected chi connectivity index (χ2v) is 6.55. The van der Waals surface area contributed by atoms with Gasteiger partial charge in [-0.25, -0.2) is 4.79 Å². The fourth-order valence-corrected chi connectivity index (χ4v) is 2.52. The largest absolute Gasteiger partial charge is 0.481 e. The van der Waals surface area contributed by atoms with Crippen molar-refractivity contribution >= 4 is 12.1 Å². The fraction of sp³-hybridized carbons (Fsp3) is 0.857. The molecule has 2 N–H and O–H groups in total. The molecule has 116 valence electrons. The Morgan fingerprint density at radius 1 is 1.35 bits per heavy atom. The maximum Gasteiger partial charge on any atom is 0.407 e. The van der Waals surface area contributed by atoms with Gasteiger partial charge in [-0.2, -0.15) is 0 Å². The summed E-state index contributed by atoms with van der Waals surface area (Å²) in [6.07, 6.45) is 0.567. The van der Waals surface area contributed by atoms with E-state index >= 15 is 0 Å². The molecule has 1 amide bonds. The van der Waals surface area contributed by atoms with Gasteiger partial charge in [-0.15, -0.1) is 0 Å². The number of nitrogens with one attached hydrogen (secondary N) is 1. The summed E-state index contributed by atoms with van der Waals surface area (Å²) in [5.74, 6) is -0.516. The van der Waals surface area contributed by atoms with Gasteiger partial charge in [-0.1, -0.05) is 0 Å². The molecule has 1 heterocycles. The average molecular weight is 286 g/mol. The van der Waals surface area contributed by atoms with Crippen LogP contribution in [0.2, 0.25) is 0 Å². The van der Waals surface area contributed by atoms with Crippen LogP contribution in [-0.2, 0) is 9.53 Å². The lowest BCUT2D eigenvalue weighted by Crippen LogP contribution is -2.45. The van der Waals surface area contributed by atoms with Gasteiger partial charge in [0.2, 0.25) is 0 Å². The van der Waals surface area contributed by atoms with Crippen molar-refractivity contribution in [2.24, 2.45) is 11.8 Å². The summed E-state index contributed by atoms with van der Waals surface area (Å²) in [5, 5.41) is 11.7. The third kappa shape index (κ3) is 6.23. The van der Waals surface area contributed by atoms with Crippen LogP contribution in [0.5, 0.6) is 0 Å². The number of hydrogen-bond donors (Lipinski definition) is 2. The zero-order chi connectivity index (χ0) is 15.3. The molecule has 2 unspecified atom stereocenters. The second kappa shape index (κ2) is 6.92. The summed E-state index contributed by atoms with van der Waals surface area (Å²) >= 11 is 0. The molecule has 0 aromatic heterocycles. The smallest absolute Gasteiger partial charge is 0.407 e. The van der Waals surface area contributed by atoms with E-state index in [2.05, 4.69) is 10.2 Å². The van der Waals surface area contributed by atoms with Crippen molar-refractivity contribution in [3.8, 4) is 0 Å². The van der Waals surface area contributed by atoms with Gasteiger partial charge < -0.3 is 20.1 Å². The quantitative estimate of drug-likeness (QED) is 0.820. The zero-order valence-electron chi connectivity index (χ0n) is 12.8. The Morgan fingerprint density at radius 2 is 2.00 bits per heavy atom. The van der Waals surface area contributed by atoms with Gasteiger partial charge in [0, 0.05) is 19.5 Å². The average Bonchev–Trinajstić information content (AvgIpc) is 2.26. The summed E-state index contributed by atoms with van der Waals surface area (Å²) < 4.78 is 5.19. The number of rotatable bonds is 4. The fourth-order valence-electron chi connectivity index (χ4n) is 2.52. The second-order valence-electron chi connectivity index (χ2n) is 6.55. The molecule has 1 saturated heterocycles. The Kier molecular flexibility index (Phi) is 5.80. The molecule has 0 radical (unpaired) electrons. The number of carboxylic acid groups (broad SMARTS) is 1. The monoisotopic (exact) mass is 286 g/mol. The first-order valence-electron chi connectivity index (χ1n) is 7.04. The zero-order valence-corrected chi connectivity index (χ0v) is 12.8. The molecule has 0 aromatic carbocycles. The van der Waals surface area contributed by atoms with Crippen LogP contribution >= 0.6 is 0 Å². The standard InChI is InChI=1S/C14H26N2O4/c1-14(2,3)20-13(19)15-8-11-9-16(4)6-5-10(11)7-12(17)18/h10-11H,5-9H2,1-4H3,(H,15,19)(H,17,18). The van der Waals surface area contributed by atoms with Gasteiger partial charge in [0.1, 0.15) is 5.60 Å². The molecule has 6 heteroatoms. The van der Waals surface area contributed by atoms with Gasteiger partial charge in [-0.3, -0.25) is 4.79 Å². The highest BCUT2D eigenvalue weighted by Crippen LogP contribution is 2.25. The molecule has 0 bridgehead atoms. The lowest BCUT2D eigenvalue weighted by atomic mass is 9.83. The number of carbonyl (C=O) groups excluding carboxylic acids is 1. The van der Waals surface area contributed by atoms with Crippen LogP contribution in [-0.4, -0.2) is 54.4 Å². The first-order valence-corrected chi connectivity index (χ1v) is 7.04. The van der Waals surface area contributed by atoms with Crippen LogP contribution in [0, 0.1) is 11.8 Å². The lowest BCUT2D eigenvalue weighted by molar-refractivity contribution is -0.139. The first-order chi connectivity index (χ1) is 9.17. The number of aliphatic carboxylic acids is 1. The third-order valence-corrected chi connectivity index (χ3v) is 3.44. The third-order valence-electron chi connectivity index (χ3n) is 3.44. The Balaban J connectivity index is 2.48. The predicted octanol–water partition coefficient (Wildman–Crippen LogP) is 1.55. The Labute approximate surface area is 120 Å². The summed E-state index contributed by atoms with van der Waals surface area (Å²) in [7, 11) is 2.01. The topological polar surface area (TPSA) is 78.9 Å². The maximum atomic E-state index is 11.6. The number of piperidine rings is 1. The predicted molar refractivity (Wildman–Crippen MR) is 75.6 cm³/mol. The number of carboxylic acids is 1. The normalized spacial score (nSPS) is 24.2. The number of amides is 1. The van der Waals surface area contributed by atoms with Gasteiger partial charge in [0.25, 0.3) is 0 Å². The minimum Gasteiger partial charge on any atom is -0.481 e. The molecule has 0 aromatic rings. The van der Waals surface area contributed by atoms with Crippen LogP contribution in [0.4, 0.5) is 4.79 Å². The van der Waals surface area contributed by atoms with E-state index in [1.807, 2.05) is 27.8 Å². The van der Waals surface area contributed by atoms with Gasteiger partial charge in [0.15, 0.2) is 0 Å². The number of alkyl carbamates (subject to hydrolysis) is 1. The highest BCUT2D eigenvalue weighted by molar-refractivity contribution is 5.68. The van der Waals surface area contributed by atoms with Crippen LogP contribution < -0.4 is 5.32 Å². The van der Waals surface area contributed by atoms with E-state index in [1.54, 1.807) is 0 Å². The van der Waals surface area contributed by atoms with E-state index in [0.29, 0.717) is 6.54 Å². The van der Waals surface area contributed by atoms with E-state index in [0.717, 1.165) is 19.5 Å². The molecule has 6 nitrogen and oxygen atoms in total. The van der Waals surface area contributed by atoms with E-state index in [1.165, 1.54) is 0 Å². The minimum absolute atomic E-state index is 0.110. The molecular formula is C14H26N2O4. The van der Waals surface area contributed by atoms with Crippen molar-refractivity contribution in [3.05, 3.63) is 0 Å². The van der Waals surface area contributed by atoms with Crippen molar-refractivity contribution in [1.29, 1.82) is 0 Å². The Morgan fingerprint density at radius 3 is 2.55 bits per heavy atom. The molecule has 0 spiro atoms. The molecule has 0 aliphatic carbocycles. The first kappa shape index (κ1) is 16.8. The minimum atomic E-state index is -0.776. The molecule has 1 aliphatic rings. The summed E-state index contributed by atoms with van der Waals surface area (Å²) in [5.41, 5.74) is -0.520. The molecule has 2 atom stereocenters. The van der Waals surface area contributed by atoms with Crippen LogP contribution in [0.15, 0.2) is 0 Å². The van der Waals surface area contributed by atoms with Gasteiger partial charge in [0.05, 0.1) is 0 Å². The lowest BCUT2D eigenvalue weighted by Gasteiger charge is -2.36. The van der Waals surface area contributed by atoms with E-state index in [9.17, 15) is 9.59 Å². The molecule has 1 rings (SSSR count). The summed E-state index contributed by atoms with van der Waals surface area (Å²) in [6, 6.07) is 0. The van der Waals surface area contributed by atoms with Crippen molar-refractivity contribution in [2.75, 3.05) is 26.7 Å². The number of ether oxygens (including phenoxy) is 1. The highest BCUT2D eigenvalue weighted by atomic mass is 16.6. The van der Waals surface area contributed by atoms with E-state index < -0.39 is 17.7 Å². The molecule has 0 saturated carbocycles. The summed E-state index contributed by atoms with van der Waals surface area (Å²) in [6.45, 7) is 7.60. The van der Waals surface area contributed by atoms with Gasteiger partial charge in [-0.05, 0) is 52.6 Å². The van der Waals surface area contributed by atoms with E-state index in [-0.39, 0.29) is 18.3 Å². The van der Waals surface area contributed by atoms with Crippen LogP contribution in [0.3, 0.4) is 0 Å². The number of likely N-dealkylation sites (tertiary alicyclic amines) is 1. The number of nitrogens with zero attached hydrogens (tertiary/aromatic N) is 1. The maximum absolute atomic E-state index is 11.6. The van der Waals surface area contributed by atoms with Crippen molar-refractivity contribution < 1.29 is 19.4 Å². The van der Waals surface area contributed by atoms with Crippen LogP contribution in [0.25, 0.3) is 0 Å². The van der Waals surface area contributed by atoms with Gasteiger partial charge >= 0.3 is 12.1 Å². The SMILES string of the molecule is CN1CCC(CC(=O)O)C(CNC(=O)OC(C)(C)C)C1. The number of carbonyl (C=O) groups is 2. The van der Waals surface area contributed by atoms with E-state index in [4.69, 9.17) is 9.84 Å². The Bertz CT molecular complexity index is 352. The van der Waals surface area contributed by atoms with Crippen molar-refractivity contribution in [2.45, 2.75) is 39.2 Å². The van der Waals surface area contributed by atoms with Crippen LogP contribution in [0.1, 0.15) is 33.6 Å². The Hall–Kier alpha value is -1.30.